The first-order valence-corrected chi connectivity index (χ1v) is 12.1. The average Bonchev–Trinajstić information content (AvgIpc) is 2.84. The maximum Gasteiger partial charge on any atom is 0.513 e. The van der Waals surface area contributed by atoms with Crippen molar-refractivity contribution in [3.63, 3.8) is 0 Å². The molecule has 3 unspecified atom stereocenters. The number of nitrogens with two attached hydrogens (primary N) is 1. The maximum absolute atomic E-state index is 12.2. The number of carbonyl (C=O) groups excluding carboxylic acids is 3. The number of ether oxygens (including phenoxy) is 5. The molecule has 202 valence electrons. The molecule has 4 atom stereocenters. The van der Waals surface area contributed by atoms with Gasteiger partial charge in [-0.05, 0) is 50.3 Å². The number of carboxylic acids is 1. The predicted molar refractivity (Wildman–Crippen MR) is 129 cm³/mol. The lowest BCUT2D eigenvalue weighted by atomic mass is 9.87. The number of hydrogen-bond acceptors (Lipinski definition) is 10. The van der Waals surface area contributed by atoms with Crippen LogP contribution in [0, 0.1) is 5.92 Å². The van der Waals surface area contributed by atoms with Crippen molar-refractivity contribution in [1.82, 2.24) is 0 Å². The van der Waals surface area contributed by atoms with Crippen LogP contribution in [0.15, 0.2) is 18.2 Å². The molecule has 11 heteroatoms. The highest BCUT2D eigenvalue weighted by Gasteiger charge is 2.30. The van der Waals surface area contributed by atoms with Gasteiger partial charge in [0.25, 0.3) is 0 Å². The lowest BCUT2D eigenvalue weighted by molar-refractivity contribution is -0.153. The van der Waals surface area contributed by atoms with Gasteiger partial charge in [-0.3, -0.25) is 9.59 Å². The Hall–Kier alpha value is -3.34. The highest BCUT2D eigenvalue weighted by Crippen LogP contribution is 2.35. The highest BCUT2D eigenvalue weighted by molar-refractivity contribution is 5.75. The standard InChI is InChI=1S/C25H37NO10/c1-6-11-32-24(30)35-19-10-9-17(14-20(19)36-25(31)33-12-7-2)18(21(26)22(27)28)13-16(5)34-23(29)15(4)8-3/h9-10,14-16,18,21H,6-8,11-13,26H2,1-5H3,(H,27,28)/t15?,16?,18?,21-/m0/s1. The van der Waals surface area contributed by atoms with Gasteiger partial charge in [-0.25, -0.2) is 9.59 Å². The predicted octanol–water partition coefficient (Wildman–Crippen LogP) is 4.40. The van der Waals surface area contributed by atoms with Gasteiger partial charge >= 0.3 is 24.2 Å². The van der Waals surface area contributed by atoms with Crippen LogP contribution in [-0.2, 0) is 23.8 Å². The molecule has 0 bridgehead atoms. The van der Waals surface area contributed by atoms with Crippen molar-refractivity contribution in [2.24, 2.45) is 11.7 Å². The van der Waals surface area contributed by atoms with Crippen molar-refractivity contribution in [2.45, 2.75) is 78.4 Å². The molecule has 1 aromatic rings. The summed E-state index contributed by atoms with van der Waals surface area (Å²) in [5.41, 5.74) is 6.34. The summed E-state index contributed by atoms with van der Waals surface area (Å²) in [5.74, 6) is -3.13. The van der Waals surface area contributed by atoms with E-state index in [4.69, 9.17) is 29.4 Å². The third kappa shape index (κ3) is 10.1. The number of aliphatic carboxylic acids is 1. The Morgan fingerprint density at radius 3 is 1.97 bits per heavy atom. The van der Waals surface area contributed by atoms with E-state index in [0.29, 0.717) is 24.8 Å². The van der Waals surface area contributed by atoms with Crippen molar-refractivity contribution in [2.75, 3.05) is 13.2 Å². The van der Waals surface area contributed by atoms with E-state index in [-0.39, 0.29) is 37.1 Å². The summed E-state index contributed by atoms with van der Waals surface area (Å²) in [6, 6.07) is 2.80. The van der Waals surface area contributed by atoms with Gasteiger partial charge in [0, 0.05) is 5.92 Å². The zero-order valence-corrected chi connectivity index (χ0v) is 21.5. The first-order chi connectivity index (χ1) is 17.0. The van der Waals surface area contributed by atoms with E-state index in [0.717, 1.165) is 0 Å². The summed E-state index contributed by atoms with van der Waals surface area (Å²) in [7, 11) is 0. The molecule has 0 aromatic heterocycles. The Morgan fingerprint density at radius 2 is 1.47 bits per heavy atom. The van der Waals surface area contributed by atoms with Crippen LogP contribution in [0.3, 0.4) is 0 Å². The summed E-state index contributed by atoms with van der Waals surface area (Å²) >= 11 is 0. The van der Waals surface area contributed by atoms with Crippen LogP contribution in [0.2, 0.25) is 0 Å². The molecule has 11 nitrogen and oxygen atoms in total. The van der Waals surface area contributed by atoms with Gasteiger partial charge in [0.1, 0.15) is 6.04 Å². The Bertz CT molecular complexity index is 888. The van der Waals surface area contributed by atoms with Crippen molar-refractivity contribution in [3.8, 4) is 11.5 Å². The molecule has 0 heterocycles. The minimum Gasteiger partial charge on any atom is -0.480 e. The van der Waals surface area contributed by atoms with Gasteiger partial charge < -0.3 is 34.5 Å². The fourth-order valence-electron chi connectivity index (χ4n) is 3.08. The van der Waals surface area contributed by atoms with Gasteiger partial charge in [0.15, 0.2) is 11.5 Å². The van der Waals surface area contributed by atoms with E-state index >= 15 is 0 Å². The molecule has 0 saturated heterocycles. The van der Waals surface area contributed by atoms with Crippen LogP contribution in [0.5, 0.6) is 11.5 Å². The van der Waals surface area contributed by atoms with Crippen molar-refractivity contribution in [3.05, 3.63) is 23.8 Å². The third-order valence-corrected chi connectivity index (χ3v) is 5.27. The number of benzene rings is 1. The number of esters is 1. The fraction of sp³-hybridized carbons (Fsp3) is 0.600. The van der Waals surface area contributed by atoms with Crippen LogP contribution >= 0.6 is 0 Å². The molecule has 0 spiro atoms. The minimum atomic E-state index is -1.36. The number of hydrogen-bond donors (Lipinski definition) is 2. The molecule has 1 rings (SSSR count). The summed E-state index contributed by atoms with van der Waals surface area (Å²) in [5, 5.41) is 9.58. The van der Waals surface area contributed by atoms with Crippen LogP contribution in [-0.4, -0.2) is 54.7 Å². The smallest absolute Gasteiger partial charge is 0.480 e. The van der Waals surface area contributed by atoms with Gasteiger partial charge in [-0.15, -0.1) is 0 Å². The lowest BCUT2D eigenvalue weighted by Crippen LogP contribution is -2.38. The van der Waals surface area contributed by atoms with Crippen molar-refractivity contribution in [1.29, 1.82) is 0 Å². The van der Waals surface area contributed by atoms with E-state index in [1.807, 2.05) is 13.8 Å². The average molecular weight is 512 g/mol. The molecule has 0 fully saturated rings. The molecular weight excluding hydrogens is 474 g/mol. The van der Waals surface area contributed by atoms with Crippen molar-refractivity contribution >= 4 is 24.2 Å². The summed E-state index contributed by atoms with van der Waals surface area (Å²) in [4.78, 5) is 48.0. The number of carbonyl (C=O) groups is 4. The zero-order chi connectivity index (χ0) is 27.3. The lowest BCUT2D eigenvalue weighted by Gasteiger charge is -2.26. The molecule has 0 aliphatic carbocycles. The molecular formula is C25H37NO10. The Balaban J connectivity index is 3.29. The second-order valence-electron chi connectivity index (χ2n) is 8.37. The van der Waals surface area contributed by atoms with Gasteiger partial charge in [-0.2, -0.15) is 0 Å². The topological polar surface area (TPSA) is 161 Å². The minimum absolute atomic E-state index is 0.0775. The van der Waals surface area contributed by atoms with Gasteiger partial charge in [0.05, 0.1) is 25.2 Å². The maximum atomic E-state index is 12.2. The van der Waals surface area contributed by atoms with Crippen molar-refractivity contribution < 1.29 is 48.0 Å². The van der Waals surface area contributed by atoms with E-state index in [9.17, 15) is 24.3 Å². The second-order valence-corrected chi connectivity index (χ2v) is 8.37. The summed E-state index contributed by atoms with van der Waals surface area (Å²) in [6.45, 7) is 9.10. The number of carboxylic acid groups (broad SMARTS) is 1. The van der Waals surface area contributed by atoms with Crippen LogP contribution in [0.25, 0.3) is 0 Å². The SMILES string of the molecule is CCCOC(=O)Oc1ccc(C(CC(C)OC(=O)C(C)CC)[C@H](N)C(=O)O)cc1OC(=O)OCCC. The van der Waals surface area contributed by atoms with Crippen LogP contribution in [0.1, 0.15) is 71.8 Å². The fourth-order valence-corrected chi connectivity index (χ4v) is 3.08. The second kappa shape index (κ2) is 15.6. The summed E-state index contributed by atoms with van der Waals surface area (Å²) < 4.78 is 25.7. The van der Waals surface area contributed by atoms with Crippen LogP contribution in [0.4, 0.5) is 9.59 Å². The third-order valence-electron chi connectivity index (χ3n) is 5.27. The Morgan fingerprint density at radius 1 is 0.917 bits per heavy atom. The molecule has 3 N–H and O–H groups in total. The van der Waals surface area contributed by atoms with Crippen LogP contribution < -0.4 is 15.2 Å². The van der Waals surface area contributed by atoms with Gasteiger partial charge in [0.2, 0.25) is 0 Å². The van der Waals surface area contributed by atoms with E-state index in [1.54, 1.807) is 20.8 Å². The molecule has 36 heavy (non-hydrogen) atoms. The Kier molecular flexibility index (Phi) is 13.3. The monoisotopic (exact) mass is 511 g/mol. The quantitative estimate of drug-likeness (QED) is 0.207. The highest BCUT2D eigenvalue weighted by atomic mass is 16.7. The molecule has 0 aliphatic rings. The molecule has 0 saturated carbocycles. The Labute approximate surface area is 211 Å². The molecule has 0 radical (unpaired) electrons. The number of rotatable bonds is 14. The van der Waals surface area contributed by atoms with E-state index in [2.05, 4.69) is 0 Å². The zero-order valence-electron chi connectivity index (χ0n) is 21.5. The first-order valence-electron chi connectivity index (χ1n) is 12.1. The van der Waals surface area contributed by atoms with E-state index in [1.165, 1.54) is 18.2 Å². The van der Waals surface area contributed by atoms with Gasteiger partial charge in [-0.1, -0.05) is 33.8 Å². The molecule has 0 amide bonds. The largest absolute Gasteiger partial charge is 0.513 e. The first kappa shape index (κ1) is 30.7. The van der Waals surface area contributed by atoms with E-state index < -0.39 is 42.3 Å². The molecule has 0 aliphatic heterocycles. The molecule has 1 aromatic carbocycles. The normalized spacial score (nSPS) is 14.1. The summed E-state index contributed by atoms with van der Waals surface area (Å²) in [6.07, 6.45) is -0.869.